The van der Waals surface area contributed by atoms with Gasteiger partial charge in [-0.1, -0.05) is 47.5 Å². The zero-order chi connectivity index (χ0) is 16.2. The van der Waals surface area contributed by atoms with Gasteiger partial charge in [-0.2, -0.15) is 0 Å². The molecule has 0 bridgehead atoms. The second-order valence-electron chi connectivity index (χ2n) is 5.24. The first-order chi connectivity index (χ1) is 11.2. The van der Waals surface area contributed by atoms with Gasteiger partial charge in [-0.15, -0.1) is 11.3 Å². The van der Waals surface area contributed by atoms with Crippen LogP contribution in [0.25, 0.3) is 11.3 Å². The van der Waals surface area contributed by atoms with E-state index < -0.39 is 0 Å². The Balaban J connectivity index is 2.10. The molecule has 5 heteroatoms. The summed E-state index contributed by atoms with van der Waals surface area (Å²) in [5.74, 6) is 0. The number of benzene rings is 2. The first-order valence-electron chi connectivity index (χ1n) is 7.34. The van der Waals surface area contributed by atoms with Crippen molar-refractivity contribution in [2.75, 3.05) is 6.61 Å². The van der Waals surface area contributed by atoms with Gasteiger partial charge in [0, 0.05) is 16.9 Å². The Bertz CT molecular complexity index is 865. The Morgan fingerprint density at radius 1 is 1.17 bits per heavy atom. The molecular formula is C18H17ClN2OS. The van der Waals surface area contributed by atoms with Crippen LogP contribution in [-0.4, -0.2) is 16.3 Å². The molecule has 0 aliphatic rings. The third kappa shape index (κ3) is 3.72. The average molecular weight is 345 g/mol. The number of hydrogen-bond acceptors (Lipinski definition) is 3. The van der Waals surface area contributed by atoms with Crippen LogP contribution in [0.2, 0.25) is 5.02 Å². The highest BCUT2D eigenvalue weighted by atomic mass is 35.5. The third-order valence-electron chi connectivity index (χ3n) is 3.50. The molecule has 0 saturated carbocycles. The molecule has 0 fully saturated rings. The zero-order valence-electron chi connectivity index (χ0n) is 12.7. The van der Waals surface area contributed by atoms with Gasteiger partial charge >= 0.3 is 0 Å². The van der Waals surface area contributed by atoms with Crippen LogP contribution < -0.4 is 4.80 Å². The topological polar surface area (TPSA) is 37.5 Å². The van der Waals surface area contributed by atoms with Gasteiger partial charge in [0.05, 0.1) is 18.0 Å². The standard InChI is InChI=1S/C18H17ClN2OS/c1-13-5-7-14(8-6-13)17-12-23-18(21(17)9-10-22)20-16-4-2-3-15(19)11-16/h2-8,11-12,22H,9-10H2,1H3. The summed E-state index contributed by atoms with van der Waals surface area (Å²) in [6.45, 7) is 2.64. The average Bonchev–Trinajstić information content (AvgIpc) is 2.91. The van der Waals surface area contributed by atoms with E-state index in [9.17, 15) is 5.11 Å². The van der Waals surface area contributed by atoms with Crippen LogP contribution in [0.5, 0.6) is 0 Å². The number of nitrogens with zero attached hydrogens (tertiary/aromatic N) is 2. The maximum absolute atomic E-state index is 9.41. The van der Waals surface area contributed by atoms with Gasteiger partial charge in [0.15, 0.2) is 4.80 Å². The molecule has 0 amide bonds. The van der Waals surface area contributed by atoms with Crippen molar-refractivity contribution in [3.63, 3.8) is 0 Å². The van der Waals surface area contributed by atoms with Gasteiger partial charge in [0.25, 0.3) is 0 Å². The van der Waals surface area contributed by atoms with Crippen LogP contribution >= 0.6 is 22.9 Å². The first-order valence-corrected chi connectivity index (χ1v) is 8.59. The second-order valence-corrected chi connectivity index (χ2v) is 6.51. The minimum absolute atomic E-state index is 0.0678. The minimum Gasteiger partial charge on any atom is -0.395 e. The summed E-state index contributed by atoms with van der Waals surface area (Å²) in [5, 5.41) is 12.1. The molecule has 0 unspecified atom stereocenters. The van der Waals surface area contributed by atoms with Crippen molar-refractivity contribution in [3.8, 4) is 11.3 Å². The SMILES string of the molecule is Cc1ccc(-c2csc(=Nc3cccc(Cl)c3)n2CCO)cc1. The molecule has 0 radical (unpaired) electrons. The number of aliphatic hydroxyl groups is 1. The van der Waals surface area contributed by atoms with Gasteiger partial charge in [0.1, 0.15) is 0 Å². The molecule has 3 rings (SSSR count). The maximum atomic E-state index is 9.41. The molecule has 0 atom stereocenters. The summed E-state index contributed by atoms with van der Waals surface area (Å²) in [6, 6.07) is 15.8. The number of thiazole rings is 1. The Morgan fingerprint density at radius 2 is 1.96 bits per heavy atom. The summed E-state index contributed by atoms with van der Waals surface area (Å²) >= 11 is 7.58. The largest absolute Gasteiger partial charge is 0.395 e. The Hall–Kier alpha value is -1.88. The lowest BCUT2D eigenvalue weighted by molar-refractivity contribution is 0.275. The molecule has 0 aliphatic heterocycles. The number of hydrogen-bond donors (Lipinski definition) is 1. The molecule has 3 aromatic rings. The van der Waals surface area contributed by atoms with Crippen molar-refractivity contribution in [3.05, 3.63) is 69.3 Å². The smallest absolute Gasteiger partial charge is 0.190 e. The summed E-state index contributed by atoms with van der Waals surface area (Å²) in [4.78, 5) is 5.51. The summed E-state index contributed by atoms with van der Waals surface area (Å²) in [5.41, 5.74) is 4.21. The molecule has 23 heavy (non-hydrogen) atoms. The molecule has 0 saturated heterocycles. The van der Waals surface area contributed by atoms with Gasteiger partial charge in [-0.25, -0.2) is 4.99 Å². The van der Waals surface area contributed by atoms with Crippen LogP contribution in [0, 0.1) is 6.92 Å². The van der Waals surface area contributed by atoms with E-state index >= 15 is 0 Å². The minimum atomic E-state index is 0.0678. The van der Waals surface area contributed by atoms with Gasteiger partial charge in [0.2, 0.25) is 0 Å². The van der Waals surface area contributed by atoms with Crippen molar-refractivity contribution in [2.45, 2.75) is 13.5 Å². The van der Waals surface area contributed by atoms with Crippen LogP contribution in [0.3, 0.4) is 0 Å². The van der Waals surface area contributed by atoms with E-state index in [1.807, 2.05) is 28.8 Å². The van der Waals surface area contributed by atoms with E-state index in [1.165, 1.54) is 5.56 Å². The van der Waals surface area contributed by atoms with Crippen LogP contribution in [0.1, 0.15) is 5.56 Å². The highest BCUT2D eigenvalue weighted by molar-refractivity contribution is 7.07. The van der Waals surface area contributed by atoms with Crippen molar-refractivity contribution < 1.29 is 5.11 Å². The lowest BCUT2D eigenvalue weighted by atomic mass is 10.1. The molecule has 118 valence electrons. The van der Waals surface area contributed by atoms with E-state index in [1.54, 1.807) is 11.3 Å². The van der Waals surface area contributed by atoms with E-state index in [0.717, 1.165) is 21.7 Å². The van der Waals surface area contributed by atoms with Crippen LogP contribution in [-0.2, 0) is 6.54 Å². The Kier molecular flexibility index (Phi) is 4.96. The maximum Gasteiger partial charge on any atom is 0.190 e. The fourth-order valence-corrected chi connectivity index (χ4v) is 3.49. The monoisotopic (exact) mass is 344 g/mol. The predicted molar refractivity (Wildman–Crippen MR) is 96.2 cm³/mol. The number of aromatic nitrogens is 1. The normalized spacial score (nSPS) is 11.9. The molecule has 0 spiro atoms. The van der Waals surface area contributed by atoms with E-state index in [0.29, 0.717) is 11.6 Å². The van der Waals surface area contributed by atoms with Crippen molar-refractivity contribution in [1.29, 1.82) is 0 Å². The summed E-state index contributed by atoms with van der Waals surface area (Å²) < 4.78 is 2.04. The van der Waals surface area contributed by atoms with E-state index in [4.69, 9.17) is 11.6 Å². The quantitative estimate of drug-likeness (QED) is 0.748. The molecule has 1 heterocycles. The van der Waals surface area contributed by atoms with Crippen LogP contribution in [0.15, 0.2) is 58.9 Å². The summed E-state index contributed by atoms with van der Waals surface area (Å²) in [7, 11) is 0. The van der Waals surface area contributed by atoms with Crippen molar-refractivity contribution in [1.82, 2.24) is 4.57 Å². The highest BCUT2D eigenvalue weighted by Gasteiger charge is 2.07. The van der Waals surface area contributed by atoms with Gasteiger partial charge < -0.3 is 9.67 Å². The molecule has 0 aliphatic carbocycles. The number of halogens is 1. The molecular weight excluding hydrogens is 328 g/mol. The second kappa shape index (κ2) is 7.13. The van der Waals surface area contributed by atoms with Crippen molar-refractivity contribution in [2.24, 2.45) is 4.99 Å². The lowest BCUT2D eigenvalue weighted by Crippen LogP contribution is -2.17. The summed E-state index contributed by atoms with van der Waals surface area (Å²) in [6.07, 6.45) is 0. The van der Waals surface area contributed by atoms with E-state index in [2.05, 4.69) is 41.6 Å². The molecule has 2 aromatic carbocycles. The highest BCUT2D eigenvalue weighted by Crippen LogP contribution is 2.22. The van der Waals surface area contributed by atoms with Crippen molar-refractivity contribution >= 4 is 28.6 Å². The first kappa shape index (κ1) is 16.0. The fourth-order valence-electron chi connectivity index (χ4n) is 2.35. The number of aliphatic hydroxyl groups excluding tert-OH is 1. The van der Waals surface area contributed by atoms with Gasteiger partial charge in [-0.3, -0.25) is 0 Å². The number of rotatable bonds is 4. The fraction of sp³-hybridized carbons (Fsp3) is 0.167. The zero-order valence-corrected chi connectivity index (χ0v) is 14.3. The molecule has 1 aromatic heterocycles. The van der Waals surface area contributed by atoms with Gasteiger partial charge in [-0.05, 0) is 30.7 Å². The molecule has 1 N–H and O–H groups in total. The van der Waals surface area contributed by atoms with Crippen LogP contribution in [0.4, 0.5) is 5.69 Å². The van der Waals surface area contributed by atoms with E-state index in [-0.39, 0.29) is 6.61 Å². The lowest BCUT2D eigenvalue weighted by Gasteiger charge is -2.07. The Labute approximate surface area is 144 Å². The number of aryl methyl sites for hydroxylation is 1. The Morgan fingerprint density at radius 3 is 2.65 bits per heavy atom. The molecule has 3 nitrogen and oxygen atoms in total. The third-order valence-corrected chi connectivity index (χ3v) is 4.60. The predicted octanol–water partition coefficient (Wildman–Crippen LogP) is 4.40.